The second kappa shape index (κ2) is 6.27. The van der Waals surface area contributed by atoms with Gasteiger partial charge >= 0.3 is 6.18 Å². The van der Waals surface area contributed by atoms with Crippen LogP contribution in [0.1, 0.15) is 36.9 Å². The lowest BCUT2D eigenvalue weighted by Crippen LogP contribution is -2.43. The first kappa shape index (κ1) is 17.3. The number of halogens is 3. The number of hydrogen-bond donors (Lipinski definition) is 1. The summed E-state index contributed by atoms with van der Waals surface area (Å²) in [5, 5.41) is 0. The van der Waals surface area contributed by atoms with E-state index in [9.17, 15) is 13.2 Å². The van der Waals surface area contributed by atoms with Crippen LogP contribution in [-0.4, -0.2) is 29.6 Å². The molecule has 2 fully saturated rings. The molecule has 1 saturated heterocycles. The lowest BCUT2D eigenvalue weighted by Gasteiger charge is -2.39. The summed E-state index contributed by atoms with van der Waals surface area (Å²) in [6, 6.07) is 1.85. The smallest absolute Gasteiger partial charge is 0.348 e. The molecule has 8 heteroatoms. The van der Waals surface area contributed by atoms with Gasteiger partial charge in [0.1, 0.15) is 17.0 Å². The Morgan fingerprint density at radius 1 is 1.08 bits per heavy atom. The van der Waals surface area contributed by atoms with E-state index in [0.717, 1.165) is 31.2 Å². The predicted octanol–water partition coefficient (Wildman–Crippen LogP) is 2.93. The Hall–Kier alpha value is -2.08. The third kappa shape index (κ3) is 3.43. The van der Waals surface area contributed by atoms with Gasteiger partial charge in [0.2, 0.25) is 0 Å². The second-order valence-electron chi connectivity index (χ2n) is 6.61. The van der Waals surface area contributed by atoms with Gasteiger partial charge in [-0.3, -0.25) is 10.3 Å². The summed E-state index contributed by atoms with van der Waals surface area (Å²) in [5.74, 6) is 4.95. The molecule has 26 heavy (non-hydrogen) atoms. The van der Waals surface area contributed by atoms with Crippen molar-refractivity contribution in [2.75, 3.05) is 13.2 Å². The van der Waals surface area contributed by atoms with Gasteiger partial charge in [-0.2, -0.15) is 13.2 Å². The van der Waals surface area contributed by atoms with Crippen molar-refractivity contribution in [2.45, 2.75) is 43.2 Å². The van der Waals surface area contributed by atoms with E-state index in [1.165, 1.54) is 0 Å². The molecular formula is C18H17F3N2O3. The summed E-state index contributed by atoms with van der Waals surface area (Å²) in [6.45, 7) is 1.23. The molecule has 0 atom stereocenters. The Labute approximate surface area is 148 Å². The highest BCUT2D eigenvalue weighted by molar-refractivity contribution is 5.40. The van der Waals surface area contributed by atoms with Crippen molar-refractivity contribution in [2.24, 2.45) is 0 Å². The lowest BCUT2D eigenvalue weighted by molar-refractivity contribution is -0.205. The average Bonchev–Trinajstić information content (AvgIpc) is 3.24. The van der Waals surface area contributed by atoms with Gasteiger partial charge in [0.15, 0.2) is 5.79 Å². The molecule has 2 spiro atoms. The Morgan fingerprint density at radius 3 is 2.50 bits per heavy atom. The number of hydroxylamine groups is 1. The molecule has 0 amide bonds. The Kier molecular flexibility index (Phi) is 4.18. The summed E-state index contributed by atoms with van der Waals surface area (Å²) in [6.07, 6.45) is 1.45. The molecule has 2 aliphatic heterocycles. The van der Waals surface area contributed by atoms with Crippen LogP contribution in [0.15, 0.2) is 30.1 Å². The number of rotatable bonds is 0. The molecule has 5 nitrogen and oxygen atoms in total. The minimum absolute atomic E-state index is 0.0545. The van der Waals surface area contributed by atoms with Gasteiger partial charge in [0.25, 0.3) is 0 Å². The quantitative estimate of drug-likeness (QED) is 0.716. The molecule has 1 N–H and O–H groups in total. The molecule has 3 heterocycles. The van der Waals surface area contributed by atoms with Crippen molar-refractivity contribution in [1.29, 1.82) is 0 Å². The Morgan fingerprint density at radius 2 is 1.81 bits per heavy atom. The SMILES string of the molecule is FC(F)(F)c1ccnc(C#CC2=CC3(CCC4(CC3)OCCO4)ON2)c1. The van der Waals surface area contributed by atoms with Crippen molar-refractivity contribution in [3.63, 3.8) is 0 Å². The first-order valence-corrected chi connectivity index (χ1v) is 8.38. The van der Waals surface area contributed by atoms with Crippen LogP contribution in [0, 0.1) is 11.8 Å². The maximum absolute atomic E-state index is 12.7. The third-order valence-corrected chi connectivity index (χ3v) is 4.86. The van der Waals surface area contributed by atoms with Crippen molar-refractivity contribution in [3.8, 4) is 11.8 Å². The van der Waals surface area contributed by atoms with Gasteiger partial charge < -0.3 is 9.47 Å². The molecule has 138 valence electrons. The van der Waals surface area contributed by atoms with E-state index < -0.39 is 23.1 Å². The summed E-state index contributed by atoms with van der Waals surface area (Å²) >= 11 is 0. The fourth-order valence-electron chi connectivity index (χ4n) is 3.43. The molecule has 1 aliphatic carbocycles. The lowest BCUT2D eigenvalue weighted by atomic mass is 9.81. The van der Waals surface area contributed by atoms with Gasteiger partial charge in [-0.15, -0.1) is 0 Å². The van der Waals surface area contributed by atoms with Crippen LogP contribution in [-0.2, 0) is 20.5 Å². The van der Waals surface area contributed by atoms with E-state index in [-0.39, 0.29) is 5.69 Å². The molecule has 1 saturated carbocycles. The van der Waals surface area contributed by atoms with E-state index in [4.69, 9.17) is 14.3 Å². The van der Waals surface area contributed by atoms with Crippen LogP contribution in [0.3, 0.4) is 0 Å². The van der Waals surface area contributed by atoms with E-state index in [1.54, 1.807) is 0 Å². The van der Waals surface area contributed by atoms with E-state index >= 15 is 0 Å². The van der Waals surface area contributed by atoms with E-state index in [0.29, 0.717) is 31.8 Å². The summed E-state index contributed by atoms with van der Waals surface area (Å²) in [4.78, 5) is 9.57. The molecule has 0 aromatic carbocycles. The van der Waals surface area contributed by atoms with E-state index in [1.807, 2.05) is 6.08 Å². The van der Waals surface area contributed by atoms with Crippen molar-refractivity contribution < 1.29 is 27.5 Å². The minimum Gasteiger partial charge on any atom is -0.348 e. The zero-order chi connectivity index (χ0) is 18.3. The van der Waals surface area contributed by atoms with E-state index in [2.05, 4.69) is 22.3 Å². The molecule has 1 aromatic rings. The summed E-state index contributed by atoms with van der Waals surface area (Å²) in [7, 11) is 0. The highest BCUT2D eigenvalue weighted by Crippen LogP contribution is 2.44. The van der Waals surface area contributed by atoms with Gasteiger partial charge in [-0.05, 0) is 42.9 Å². The minimum atomic E-state index is -4.42. The van der Waals surface area contributed by atoms with Crippen LogP contribution in [0.2, 0.25) is 0 Å². The highest BCUT2D eigenvalue weighted by Gasteiger charge is 2.48. The molecular weight excluding hydrogens is 349 g/mol. The maximum Gasteiger partial charge on any atom is 0.416 e. The third-order valence-electron chi connectivity index (χ3n) is 4.86. The largest absolute Gasteiger partial charge is 0.416 e. The number of pyridine rings is 1. The number of allylic oxidation sites excluding steroid dienone is 1. The molecule has 0 bridgehead atoms. The number of nitrogens with zero attached hydrogens (tertiary/aromatic N) is 1. The Bertz CT molecular complexity index is 779. The molecule has 0 radical (unpaired) electrons. The summed E-state index contributed by atoms with van der Waals surface area (Å²) in [5.41, 5.74) is 2.09. The molecule has 0 unspecified atom stereocenters. The molecule has 3 aliphatic rings. The van der Waals surface area contributed by atoms with Crippen LogP contribution < -0.4 is 5.48 Å². The molecule has 4 rings (SSSR count). The summed E-state index contributed by atoms with van der Waals surface area (Å²) < 4.78 is 49.6. The van der Waals surface area contributed by atoms with Gasteiger partial charge in [-0.1, -0.05) is 0 Å². The highest BCUT2D eigenvalue weighted by atomic mass is 19.4. The van der Waals surface area contributed by atoms with Crippen LogP contribution in [0.25, 0.3) is 0 Å². The first-order valence-electron chi connectivity index (χ1n) is 8.38. The first-order chi connectivity index (χ1) is 12.4. The Balaban J connectivity index is 1.46. The van der Waals surface area contributed by atoms with Gasteiger partial charge in [-0.25, -0.2) is 4.98 Å². The number of ether oxygens (including phenoxy) is 2. The van der Waals surface area contributed by atoms with Crippen LogP contribution >= 0.6 is 0 Å². The van der Waals surface area contributed by atoms with Gasteiger partial charge in [0, 0.05) is 19.0 Å². The average molecular weight is 366 g/mol. The number of hydrogen-bond acceptors (Lipinski definition) is 5. The maximum atomic E-state index is 12.7. The number of aromatic nitrogens is 1. The monoisotopic (exact) mass is 366 g/mol. The van der Waals surface area contributed by atoms with Crippen LogP contribution in [0.4, 0.5) is 13.2 Å². The normalized spacial score (nSPS) is 23.4. The molecule has 1 aromatic heterocycles. The van der Waals surface area contributed by atoms with Crippen molar-refractivity contribution in [1.82, 2.24) is 10.5 Å². The zero-order valence-electron chi connectivity index (χ0n) is 13.9. The fraction of sp³-hybridized carbons (Fsp3) is 0.500. The van der Waals surface area contributed by atoms with Gasteiger partial charge in [0.05, 0.1) is 18.8 Å². The fourth-order valence-corrected chi connectivity index (χ4v) is 3.43. The predicted molar refractivity (Wildman–Crippen MR) is 84.3 cm³/mol. The second-order valence-corrected chi connectivity index (χ2v) is 6.61. The topological polar surface area (TPSA) is 52.6 Å². The van der Waals surface area contributed by atoms with Crippen molar-refractivity contribution in [3.05, 3.63) is 41.4 Å². The number of alkyl halides is 3. The van der Waals surface area contributed by atoms with Crippen LogP contribution in [0.5, 0.6) is 0 Å². The van der Waals surface area contributed by atoms with Crippen molar-refractivity contribution >= 4 is 0 Å². The number of nitrogens with one attached hydrogen (secondary N) is 1. The zero-order valence-corrected chi connectivity index (χ0v) is 13.9. The standard InChI is InChI=1S/C18H17F3N2O3/c19-18(20,21)13-3-8-22-14(11-13)1-2-15-12-16(26-23-15)4-6-17(7-5-16)24-9-10-25-17/h3,8,11-12,23H,4-7,9-10H2.